The molecule has 2 atom stereocenters. The molecule has 1 fully saturated rings. The molecule has 70 valence electrons. The Morgan fingerprint density at radius 2 is 2.00 bits per heavy atom. The number of carbonyl (C=O) groups is 1. The predicted octanol–water partition coefficient (Wildman–Crippen LogP) is 2.74. The summed E-state index contributed by atoms with van der Waals surface area (Å²) < 4.78 is 13.0. The van der Waals surface area contributed by atoms with E-state index in [9.17, 15) is 9.18 Å². The van der Waals surface area contributed by atoms with Gasteiger partial charge >= 0.3 is 0 Å². The van der Waals surface area contributed by atoms with Gasteiger partial charge in [0.25, 0.3) is 0 Å². The van der Waals surface area contributed by atoms with Crippen molar-refractivity contribution in [2.24, 2.45) is 11.3 Å². The van der Waals surface area contributed by atoms with Gasteiger partial charge in [-0.05, 0) is 24.2 Å². The summed E-state index contributed by atoms with van der Waals surface area (Å²) >= 11 is 0. The summed E-state index contributed by atoms with van der Waals surface area (Å²) in [6, 6.07) is 0. The predicted molar refractivity (Wildman–Crippen MR) is 46.7 cm³/mol. The number of Topliss-reactive ketones (excluding diaryl/α,β-unsaturated/α-hetero) is 1. The van der Waals surface area contributed by atoms with Crippen LogP contribution in [0.4, 0.5) is 4.39 Å². The van der Waals surface area contributed by atoms with Crippen LogP contribution in [0.3, 0.4) is 0 Å². The fraction of sp³-hybridized carbons (Fsp3) is 0.900. The van der Waals surface area contributed by atoms with E-state index in [1.807, 2.05) is 0 Å². The maximum Gasteiger partial charge on any atom is 0.166 e. The van der Waals surface area contributed by atoms with Crippen LogP contribution < -0.4 is 0 Å². The third kappa shape index (κ3) is 2.05. The second-order valence-electron chi connectivity index (χ2n) is 4.77. The lowest BCUT2D eigenvalue weighted by Crippen LogP contribution is -2.32. The number of halogens is 1. The number of carbonyl (C=O) groups excluding carboxylic acids is 1. The smallest absolute Gasteiger partial charge is 0.166 e. The molecule has 0 bridgehead atoms. The normalized spacial score (nSPS) is 32.2. The Labute approximate surface area is 73.3 Å². The van der Waals surface area contributed by atoms with Crippen LogP contribution in [0.25, 0.3) is 0 Å². The molecule has 0 N–H and O–H groups in total. The van der Waals surface area contributed by atoms with Crippen LogP contribution >= 0.6 is 0 Å². The Hall–Kier alpha value is -0.400. The highest BCUT2D eigenvalue weighted by atomic mass is 19.1. The molecule has 12 heavy (non-hydrogen) atoms. The summed E-state index contributed by atoms with van der Waals surface area (Å²) in [5, 5.41) is 0. The first-order valence-corrected chi connectivity index (χ1v) is 4.58. The summed E-state index contributed by atoms with van der Waals surface area (Å²) in [5.41, 5.74) is 0.144. The van der Waals surface area contributed by atoms with E-state index in [4.69, 9.17) is 0 Å². The van der Waals surface area contributed by atoms with E-state index in [-0.39, 0.29) is 11.2 Å². The SMILES string of the molecule is CC(C)(C)[C@H]1CCC(=O)[C@@H](F)C1. The van der Waals surface area contributed by atoms with Gasteiger partial charge in [0.15, 0.2) is 12.0 Å². The lowest BCUT2D eigenvalue weighted by atomic mass is 9.71. The maximum absolute atomic E-state index is 13.0. The summed E-state index contributed by atoms with van der Waals surface area (Å²) in [6.07, 6.45) is 0.539. The number of ketones is 1. The van der Waals surface area contributed by atoms with Crippen LogP contribution in [-0.2, 0) is 4.79 Å². The van der Waals surface area contributed by atoms with Crippen LogP contribution in [0.5, 0.6) is 0 Å². The topological polar surface area (TPSA) is 17.1 Å². The molecule has 1 aliphatic rings. The third-order valence-corrected chi connectivity index (χ3v) is 2.80. The van der Waals surface area contributed by atoms with Crippen LogP contribution in [0.15, 0.2) is 0 Å². The molecule has 0 radical (unpaired) electrons. The second-order valence-corrected chi connectivity index (χ2v) is 4.77. The van der Waals surface area contributed by atoms with Crippen molar-refractivity contribution in [2.75, 3.05) is 0 Å². The quantitative estimate of drug-likeness (QED) is 0.549. The molecular weight excluding hydrogens is 155 g/mol. The van der Waals surface area contributed by atoms with Crippen molar-refractivity contribution in [2.45, 2.75) is 46.2 Å². The second kappa shape index (κ2) is 3.15. The van der Waals surface area contributed by atoms with E-state index in [1.165, 1.54) is 0 Å². The van der Waals surface area contributed by atoms with Crippen molar-refractivity contribution >= 4 is 5.78 Å². The highest BCUT2D eigenvalue weighted by Crippen LogP contribution is 2.37. The Bertz CT molecular complexity index is 181. The van der Waals surface area contributed by atoms with Crippen LogP contribution in [-0.4, -0.2) is 12.0 Å². The Balaban J connectivity index is 2.57. The molecule has 0 aromatic rings. The maximum atomic E-state index is 13.0. The molecule has 0 heterocycles. The number of hydrogen-bond donors (Lipinski definition) is 0. The molecule has 0 unspecified atom stereocenters. The zero-order valence-corrected chi connectivity index (χ0v) is 8.06. The third-order valence-electron chi connectivity index (χ3n) is 2.80. The lowest BCUT2D eigenvalue weighted by molar-refractivity contribution is -0.127. The van der Waals surface area contributed by atoms with Gasteiger partial charge in [0.1, 0.15) is 0 Å². The van der Waals surface area contributed by atoms with Gasteiger partial charge in [0.2, 0.25) is 0 Å². The summed E-state index contributed by atoms with van der Waals surface area (Å²) in [5.74, 6) is 0.167. The minimum Gasteiger partial charge on any atom is -0.296 e. The molecule has 1 rings (SSSR count). The van der Waals surface area contributed by atoms with Gasteiger partial charge in [0, 0.05) is 6.42 Å². The highest BCUT2D eigenvalue weighted by molar-refractivity contribution is 5.83. The minimum absolute atomic E-state index is 0.144. The summed E-state index contributed by atoms with van der Waals surface area (Å²) in [4.78, 5) is 10.9. The van der Waals surface area contributed by atoms with Gasteiger partial charge in [-0.1, -0.05) is 20.8 Å². The van der Waals surface area contributed by atoms with Crippen LogP contribution in [0.2, 0.25) is 0 Å². The zero-order chi connectivity index (χ0) is 9.35. The highest BCUT2D eigenvalue weighted by Gasteiger charge is 2.34. The van der Waals surface area contributed by atoms with E-state index < -0.39 is 6.17 Å². The lowest BCUT2D eigenvalue weighted by Gasteiger charge is -2.34. The molecule has 1 nitrogen and oxygen atoms in total. The average Bonchev–Trinajstić information content (AvgIpc) is 1.92. The first-order chi connectivity index (χ1) is 5.41. The summed E-state index contributed by atoms with van der Waals surface area (Å²) in [7, 11) is 0. The van der Waals surface area contributed by atoms with Gasteiger partial charge < -0.3 is 0 Å². The van der Waals surface area contributed by atoms with Crippen molar-refractivity contribution in [3.05, 3.63) is 0 Å². The standard InChI is InChI=1S/C10H17FO/c1-10(2,3)7-4-5-9(12)8(11)6-7/h7-8H,4-6H2,1-3H3/t7-,8-/m0/s1. The van der Waals surface area contributed by atoms with Crippen molar-refractivity contribution in [3.63, 3.8) is 0 Å². The molecule has 0 aliphatic heterocycles. The van der Waals surface area contributed by atoms with Gasteiger partial charge in [0.05, 0.1) is 0 Å². The molecule has 1 saturated carbocycles. The van der Waals surface area contributed by atoms with E-state index >= 15 is 0 Å². The van der Waals surface area contributed by atoms with E-state index in [0.29, 0.717) is 18.8 Å². The van der Waals surface area contributed by atoms with Crippen molar-refractivity contribution in [3.8, 4) is 0 Å². The molecule has 1 aliphatic carbocycles. The van der Waals surface area contributed by atoms with Crippen molar-refractivity contribution < 1.29 is 9.18 Å². The van der Waals surface area contributed by atoms with E-state index in [0.717, 1.165) is 6.42 Å². The Kier molecular flexibility index (Phi) is 2.55. The molecule has 0 aromatic carbocycles. The van der Waals surface area contributed by atoms with Gasteiger partial charge in [-0.25, -0.2) is 4.39 Å². The average molecular weight is 172 g/mol. The first kappa shape index (κ1) is 9.69. The van der Waals surface area contributed by atoms with Crippen molar-refractivity contribution in [1.82, 2.24) is 0 Å². The minimum atomic E-state index is -1.19. The Morgan fingerprint density at radius 3 is 2.42 bits per heavy atom. The molecule has 0 aromatic heterocycles. The molecular formula is C10H17FO. The fourth-order valence-corrected chi connectivity index (χ4v) is 1.76. The monoisotopic (exact) mass is 172 g/mol. The van der Waals surface area contributed by atoms with Crippen LogP contribution in [0, 0.1) is 11.3 Å². The largest absolute Gasteiger partial charge is 0.296 e. The van der Waals surface area contributed by atoms with Crippen LogP contribution in [0.1, 0.15) is 40.0 Å². The zero-order valence-electron chi connectivity index (χ0n) is 8.06. The molecule has 0 amide bonds. The fourth-order valence-electron chi connectivity index (χ4n) is 1.76. The van der Waals surface area contributed by atoms with E-state index in [2.05, 4.69) is 20.8 Å². The van der Waals surface area contributed by atoms with Gasteiger partial charge in [-0.3, -0.25) is 4.79 Å². The number of hydrogen-bond acceptors (Lipinski definition) is 1. The van der Waals surface area contributed by atoms with Gasteiger partial charge in [-0.15, -0.1) is 0 Å². The molecule has 0 saturated heterocycles. The Morgan fingerprint density at radius 1 is 1.42 bits per heavy atom. The number of rotatable bonds is 0. The van der Waals surface area contributed by atoms with E-state index in [1.54, 1.807) is 0 Å². The van der Waals surface area contributed by atoms with Gasteiger partial charge in [-0.2, -0.15) is 0 Å². The first-order valence-electron chi connectivity index (χ1n) is 4.58. The van der Waals surface area contributed by atoms with Crippen molar-refractivity contribution in [1.29, 1.82) is 0 Å². The number of alkyl halides is 1. The molecule has 2 heteroatoms. The summed E-state index contributed by atoms with van der Waals surface area (Å²) in [6.45, 7) is 6.33. The molecule has 0 spiro atoms.